The summed E-state index contributed by atoms with van der Waals surface area (Å²) in [4.78, 5) is 27.1. The predicted octanol–water partition coefficient (Wildman–Crippen LogP) is 3.80. The third kappa shape index (κ3) is 4.44. The first kappa shape index (κ1) is 20.9. The van der Waals surface area contributed by atoms with E-state index in [1.807, 2.05) is 50.2 Å². The molecular formula is C22H23ClN2O4. The molecule has 0 aliphatic heterocycles. The van der Waals surface area contributed by atoms with Gasteiger partial charge in [0, 0.05) is 23.2 Å². The highest BCUT2D eigenvalue weighted by atomic mass is 35.5. The van der Waals surface area contributed by atoms with Crippen LogP contribution in [0, 0.1) is 6.92 Å². The van der Waals surface area contributed by atoms with E-state index in [1.165, 1.54) is 6.07 Å². The maximum atomic E-state index is 12.7. The molecule has 7 heteroatoms. The topological polar surface area (TPSA) is 71.8 Å². The quantitative estimate of drug-likeness (QED) is 0.664. The number of fused-ring (bicyclic) bond motifs is 1. The van der Waals surface area contributed by atoms with E-state index in [2.05, 4.69) is 5.32 Å². The van der Waals surface area contributed by atoms with Crippen molar-refractivity contribution in [2.75, 3.05) is 27.7 Å². The van der Waals surface area contributed by atoms with Crippen LogP contribution in [0.25, 0.3) is 11.0 Å². The second kappa shape index (κ2) is 8.68. The largest absolute Gasteiger partial charge is 0.496 e. The van der Waals surface area contributed by atoms with Crippen LogP contribution in [0.3, 0.4) is 0 Å². The number of para-hydroxylation sites is 1. The summed E-state index contributed by atoms with van der Waals surface area (Å²) in [5.41, 5.74) is 1.74. The van der Waals surface area contributed by atoms with Gasteiger partial charge in [0.15, 0.2) is 11.2 Å². The highest BCUT2D eigenvalue weighted by Crippen LogP contribution is 2.27. The van der Waals surface area contributed by atoms with Gasteiger partial charge in [-0.25, -0.2) is 0 Å². The number of halogens is 1. The number of amides is 1. The van der Waals surface area contributed by atoms with Gasteiger partial charge in [0.25, 0.3) is 5.91 Å². The van der Waals surface area contributed by atoms with Crippen molar-refractivity contribution < 1.29 is 13.9 Å². The lowest BCUT2D eigenvalue weighted by Gasteiger charge is -2.26. The molecule has 1 heterocycles. The molecule has 0 spiro atoms. The molecule has 0 aliphatic carbocycles. The van der Waals surface area contributed by atoms with Gasteiger partial charge in [-0.1, -0.05) is 29.8 Å². The van der Waals surface area contributed by atoms with E-state index in [4.69, 9.17) is 20.8 Å². The van der Waals surface area contributed by atoms with Crippen molar-refractivity contribution in [1.29, 1.82) is 0 Å². The Balaban J connectivity index is 1.85. The molecule has 3 aromatic rings. The van der Waals surface area contributed by atoms with Crippen molar-refractivity contribution in [3.05, 3.63) is 74.6 Å². The van der Waals surface area contributed by atoms with Gasteiger partial charge >= 0.3 is 0 Å². The third-order valence-corrected chi connectivity index (χ3v) is 5.22. The zero-order chi connectivity index (χ0) is 21.1. The van der Waals surface area contributed by atoms with Crippen LogP contribution in [0.1, 0.15) is 27.7 Å². The number of nitrogens with one attached hydrogen (secondary N) is 1. The Kier molecular flexibility index (Phi) is 6.25. The Morgan fingerprint density at radius 1 is 1.24 bits per heavy atom. The summed E-state index contributed by atoms with van der Waals surface area (Å²) in [7, 11) is 5.46. The van der Waals surface area contributed by atoms with Crippen LogP contribution in [-0.2, 0) is 0 Å². The number of likely N-dealkylation sites (N-methyl/N-ethyl adjacent to an activating group) is 1. The molecule has 1 N–H and O–H groups in total. The summed E-state index contributed by atoms with van der Waals surface area (Å²) < 4.78 is 11.1. The minimum Gasteiger partial charge on any atom is -0.496 e. The molecule has 0 saturated heterocycles. The average Bonchev–Trinajstić information content (AvgIpc) is 2.69. The summed E-state index contributed by atoms with van der Waals surface area (Å²) in [6.45, 7) is 2.12. The fourth-order valence-electron chi connectivity index (χ4n) is 3.18. The Morgan fingerprint density at radius 2 is 1.97 bits per heavy atom. The van der Waals surface area contributed by atoms with E-state index in [-0.39, 0.29) is 17.2 Å². The highest BCUT2D eigenvalue weighted by molar-refractivity contribution is 6.32. The average molecular weight is 415 g/mol. The maximum Gasteiger partial charge on any atom is 0.287 e. The van der Waals surface area contributed by atoms with Crippen LogP contribution in [0.5, 0.6) is 5.75 Å². The van der Waals surface area contributed by atoms with E-state index in [9.17, 15) is 9.59 Å². The van der Waals surface area contributed by atoms with Crippen LogP contribution in [0.2, 0.25) is 5.02 Å². The number of carbonyl (C=O) groups excluding carboxylic acids is 1. The summed E-state index contributed by atoms with van der Waals surface area (Å²) in [5, 5.41) is 3.68. The molecule has 1 atom stereocenters. The van der Waals surface area contributed by atoms with Crippen LogP contribution in [0.4, 0.5) is 0 Å². The van der Waals surface area contributed by atoms with Gasteiger partial charge in [0.05, 0.1) is 18.5 Å². The van der Waals surface area contributed by atoms with Gasteiger partial charge in [-0.05, 0) is 44.8 Å². The SMILES string of the molecule is COc1ccccc1[C@@H](CNC(=O)c1cc(=O)c2cc(Cl)c(C)cc2o1)N(C)C. The van der Waals surface area contributed by atoms with Crippen LogP contribution in [0.15, 0.2) is 51.7 Å². The van der Waals surface area contributed by atoms with Crippen molar-refractivity contribution >= 4 is 28.5 Å². The van der Waals surface area contributed by atoms with Gasteiger partial charge in [0.2, 0.25) is 0 Å². The smallest absolute Gasteiger partial charge is 0.287 e. The first-order valence-corrected chi connectivity index (χ1v) is 9.51. The van der Waals surface area contributed by atoms with Crippen molar-refractivity contribution in [2.45, 2.75) is 13.0 Å². The number of hydrogen-bond donors (Lipinski definition) is 1. The molecule has 0 aliphatic rings. The lowest BCUT2D eigenvalue weighted by Crippen LogP contribution is -2.35. The first-order chi connectivity index (χ1) is 13.8. The zero-order valence-electron chi connectivity index (χ0n) is 16.8. The molecule has 0 saturated carbocycles. The summed E-state index contributed by atoms with van der Waals surface area (Å²) >= 11 is 6.08. The molecule has 0 fully saturated rings. The maximum absolute atomic E-state index is 12.7. The number of nitrogens with zero attached hydrogens (tertiary/aromatic N) is 1. The normalized spacial score (nSPS) is 12.2. The van der Waals surface area contributed by atoms with Gasteiger partial charge in [-0.15, -0.1) is 0 Å². The third-order valence-electron chi connectivity index (χ3n) is 4.81. The number of hydrogen-bond acceptors (Lipinski definition) is 5. The van der Waals surface area contributed by atoms with Gasteiger partial charge in [-0.3, -0.25) is 9.59 Å². The molecule has 1 aromatic heterocycles. The number of aryl methyl sites for hydroxylation is 1. The summed E-state index contributed by atoms with van der Waals surface area (Å²) in [6.07, 6.45) is 0. The van der Waals surface area contributed by atoms with Gasteiger partial charge in [0.1, 0.15) is 11.3 Å². The predicted molar refractivity (Wildman–Crippen MR) is 114 cm³/mol. The molecule has 0 radical (unpaired) electrons. The lowest BCUT2D eigenvalue weighted by atomic mass is 10.0. The second-order valence-electron chi connectivity index (χ2n) is 7.00. The van der Waals surface area contributed by atoms with E-state index in [0.717, 1.165) is 16.9 Å². The number of carbonyl (C=O) groups is 1. The minimum atomic E-state index is -0.460. The Labute approximate surface area is 174 Å². The Hall–Kier alpha value is -2.83. The van der Waals surface area contributed by atoms with E-state index < -0.39 is 5.91 Å². The molecular weight excluding hydrogens is 392 g/mol. The standard InChI is InChI=1S/C22H23ClN2O4/c1-13-9-20-15(10-16(13)23)18(26)11-21(29-20)22(27)24-12-17(25(2)3)14-7-5-6-8-19(14)28-4/h5-11,17H,12H2,1-4H3,(H,24,27)/t17-/m1/s1. The van der Waals surface area contributed by atoms with Crippen molar-refractivity contribution in [1.82, 2.24) is 10.2 Å². The highest BCUT2D eigenvalue weighted by Gasteiger charge is 2.20. The summed E-state index contributed by atoms with van der Waals surface area (Å²) in [5.74, 6) is 0.241. The molecule has 3 rings (SSSR count). The molecule has 0 bridgehead atoms. The summed E-state index contributed by atoms with van der Waals surface area (Å²) in [6, 6.07) is 11.9. The van der Waals surface area contributed by atoms with Crippen molar-refractivity contribution in [3.8, 4) is 5.75 Å². The molecule has 2 aromatic carbocycles. The fourth-order valence-corrected chi connectivity index (χ4v) is 3.34. The zero-order valence-corrected chi connectivity index (χ0v) is 17.5. The van der Waals surface area contributed by atoms with E-state index >= 15 is 0 Å². The Morgan fingerprint density at radius 3 is 2.66 bits per heavy atom. The Bertz CT molecular complexity index is 1110. The number of rotatable bonds is 6. The fraction of sp³-hybridized carbons (Fsp3) is 0.273. The van der Waals surface area contributed by atoms with E-state index in [1.54, 1.807) is 19.2 Å². The molecule has 6 nitrogen and oxygen atoms in total. The lowest BCUT2D eigenvalue weighted by molar-refractivity contribution is 0.0914. The first-order valence-electron chi connectivity index (χ1n) is 9.13. The van der Waals surface area contributed by atoms with Crippen LogP contribution < -0.4 is 15.5 Å². The minimum absolute atomic E-state index is 0.0400. The molecule has 0 unspecified atom stereocenters. The monoisotopic (exact) mass is 414 g/mol. The van der Waals surface area contributed by atoms with Crippen molar-refractivity contribution in [2.24, 2.45) is 0 Å². The number of benzene rings is 2. The number of methoxy groups -OCH3 is 1. The van der Waals surface area contributed by atoms with Crippen LogP contribution >= 0.6 is 11.6 Å². The second-order valence-corrected chi connectivity index (χ2v) is 7.41. The molecule has 29 heavy (non-hydrogen) atoms. The van der Waals surface area contributed by atoms with Gasteiger partial charge < -0.3 is 19.4 Å². The van der Waals surface area contributed by atoms with Crippen LogP contribution in [-0.4, -0.2) is 38.6 Å². The van der Waals surface area contributed by atoms with E-state index in [0.29, 0.717) is 22.5 Å². The number of ether oxygens (including phenoxy) is 1. The van der Waals surface area contributed by atoms with Gasteiger partial charge in [-0.2, -0.15) is 0 Å². The molecule has 1 amide bonds. The van der Waals surface area contributed by atoms with Crippen molar-refractivity contribution in [3.63, 3.8) is 0 Å². The molecule has 152 valence electrons.